The monoisotopic (exact) mass is 472 g/mol. The summed E-state index contributed by atoms with van der Waals surface area (Å²) in [5.74, 6) is -0.243. The Morgan fingerprint density at radius 1 is 1.00 bits per heavy atom. The summed E-state index contributed by atoms with van der Waals surface area (Å²) < 4.78 is 17.3. The first-order valence-corrected chi connectivity index (χ1v) is 11.1. The van der Waals surface area contributed by atoms with Gasteiger partial charge in [-0.2, -0.15) is 0 Å². The fourth-order valence-electron chi connectivity index (χ4n) is 4.61. The maximum Gasteiger partial charge on any atom is 0.312 e. The van der Waals surface area contributed by atoms with E-state index in [2.05, 4.69) is 0 Å². The highest BCUT2D eigenvalue weighted by Crippen LogP contribution is 2.47. The molecule has 0 saturated heterocycles. The molecule has 1 unspecified atom stereocenters. The molecular weight excluding hydrogens is 456 g/mol. The van der Waals surface area contributed by atoms with Gasteiger partial charge >= 0.3 is 5.97 Å². The van der Waals surface area contributed by atoms with Gasteiger partial charge in [0.05, 0.1) is 12.0 Å². The Morgan fingerprint density at radius 3 is 2.62 bits per heavy atom. The number of halogens is 1. The highest BCUT2D eigenvalue weighted by atomic mass is 35.5. The van der Waals surface area contributed by atoms with E-state index in [1.165, 1.54) is 12.3 Å². The number of hydrogen-bond acceptors (Lipinski definition) is 6. The largest absolute Gasteiger partial charge is 0.507 e. The van der Waals surface area contributed by atoms with Crippen molar-refractivity contribution in [1.29, 1.82) is 0 Å². The number of ether oxygens (including phenoxy) is 2. The van der Waals surface area contributed by atoms with E-state index in [1.807, 2.05) is 30.3 Å². The summed E-state index contributed by atoms with van der Waals surface area (Å²) in [6, 6.07) is 15.7. The first kappa shape index (κ1) is 20.6. The van der Waals surface area contributed by atoms with Crippen LogP contribution in [0.5, 0.6) is 17.2 Å². The van der Waals surface area contributed by atoms with Gasteiger partial charge in [-0.1, -0.05) is 41.9 Å². The average molecular weight is 473 g/mol. The summed E-state index contributed by atoms with van der Waals surface area (Å²) >= 11 is 5.97. The van der Waals surface area contributed by atoms with Crippen molar-refractivity contribution < 1.29 is 23.8 Å². The van der Waals surface area contributed by atoms with Crippen molar-refractivity contribution in [2.45, 2.75) is 12.3 Å². The minimum absolute atomic E-state index is 0.0341. The van der Waals surface area contributed by atoms with Gasteiger partial charge in [-0.05, 0) is 35.4 Å². The fraction of sp³-hybridized carbons (Fsp3) is 0.111. The van der Waals surface area contributed by atoms with E-state index in [4.69, 9.17) is 25.5 Å². The number of benzene rings is 3. The highest BCUT2D eigenvalue weighted by molar-refractivity contribution is 6.30. The third-order valence-electron chi connectivity index (χ3n) is 6.23. The fourth-order valence-corrected chi connectivity index (χ4v) is 4.74. The van der Waals surface area contributed by atoms with Crippen LogP contribution in [0.3, 0.4) is 0 Å². The van der Waals surface area contributed by atoms with Gasteiger partial charge in [0.25, 0.3) is 0 Å². The molecule has 0 spiro atoms. The zero-order valence-corrected chi connectivity index (χ0v) is 18.5. The second-order valence-electron chi connectivity index (χ2n) is 8.27. The van der Waals surface area contributed by atoms with E-state index < -0.39 is 17.3 Å². The third-order valence-corrected chi connectivity index (χ3v) is 6.48. The van der Waals surface area contributed by atoms with Crippen LogP contribution in [0.25, 0.3) is 28.2 Å². The molecule has 0 bridgehead atoms. The van der Waals surface area contributed by atoms with Gasteiger partial charge < -0.3 is 19.0 Å². The smallest absolute Gasteiger partial charge is 0.312 e. The first-order valence-electron chi connectivity index (χ1n) is 10.7. The Kier molecular flexibility index (Phi) is 4.71. The van der Waals surface area contributed by atoms with Crippen LogP contribution in [-0.4, -0.2) is 17.7 Å². The molecule has 2 aliphatic heterocycles. The molecule has 6 rings (SSSR count). The zero-order chi connectivity index (χ0) is 23.4. The van der Waals surface area contributed by atoms with Gasteiger partial charge in [0, 0.05) is 28.1 Å². The normalized spacial score (nSPS) is 16.8. The van der Waals surface area contributed by atoms with Crippen molar-refractivity contribution in [3.63, 3.8) is 0 Å². The Hall–Kier alpha value is -4.03. The minimum atomic E-state index is -0.434. The number of carbonyl (C=O) groups is 1. The summed E-state index contributed by atoms with van der Waals surface area (Å²) in [5, 5.41) is 11.3. The number of fused-ring (bicyclic) bond motifs is 4. The number of aromatic hydroxyl groups is 1. The van der Waals surface area contributed by atoms with Crippen LogP contribution in [-0.2, 0) is 4.79 Å². The standard InChI is InChI=1S/C27H17ClO6/c28-17-7-5-14(6-8-17)19-13-33-27-24-18(16-9-15-3-1-2-4-21(15)32-12-16)10-23(30)34-22(24)11-20(29)25(27)26(19)31/h1-9,11,13,18,29H,10,12H2. The predicted molar refractivity (Wildman–Crippen MR) is 128 cm³/mol. The topological polar surface area (TPSA) is 86.0 Å². The molecule has 34 heavy (non-hydrogen) atoms. The van der Waals surface area contributed by atoms with E-state index in [0.717, 1.165) is 16.9 Å². The molecule has 0 amide bonds. The first-order chi connectivity index (χ1) is 16.5. The molecule has 0 aliphatic carbocycles. The molecule has 6 nitrogen and oxygen atoms in total. The van der Waals surface area contributed by atoms with Gasteiger partial charge in [-0.25, -0.2) is 0 Å². The number of phenolic OH excluding ortho intramolecular Hbond substituents is 1. The minimum Gasteiger partial charge on any atom is -0.507 e. The van der Waals surface area contributed by atoms with Gasteiger partial charge in [0.15, 0.2) is 0 Å². The van der Waals surface area contributed by atoms with Crippen molar-refractivity contribution in [3.05, 3.63) is 92.8 Å². The molecule has 0 saturated carbocycles. The number of rotatable bonds is 2. The van der Waals surface area contributed by atoms with E-state index in [0.29, 0.717) is 16.1 Å². The van der Waals surface area contributed by atoms with Crippen LogP contribution in [0.1, 0.15) is 23.5 Å². The van der Waals surface area contributed by atoms with Crippen molar-refractivity contribution in [2.75, 3.05) is 6.61 Å². The molecule has 1 atom stereocenters. The van der Waals surface area contributed by atoms with Gasteiger partial charge in [0.2, 0.25) is 5.43 Å². The third kappa shape index (κ3) is 3.26. The lowest BCUT2D eigenvalue weighted by Gasteiger charge is -2.29. The van der Waals surface area contributed by atoms with Gasteiger partial charge in [0.1, 0.15) is 41.1 Å². The predicted octanol–water partition coefficient (Wildman–Crippen LogP) is 5.69. The molecule has 0 radical (unpaired) electrons. The average Bonchev–Trinajstić information content (AvgIpc) is 2.84. The Morgan fingerprint density at radius 2 is 1.79 bits per heavy atom. The molecular formula is C27H17ClO6. The molecule has 7 heteroatoms. The van der Waals surface area contributed by atoms with Crippen molar-refractivity contribution >= 4 is 34.6 Å². The van der Waals surface area contributed by atoms with Crippen LogP contribution in [0, 0.1) is 0 Å². The molecule has 4 aromatic rings. The van der Waals surface area contributed by atoms with Crippen LogP contribution < -0.4 is 14.9 Å². The molecule has 1 N–H and O–H groups in total. The summed E-state index contributed by atoms with van der Waals surface area (Å²) in [6.07, 6.45) is 3.42. The van der Waals surface area contributed by atoms with E-state index in [1.54, 1.807) is 24.3 Å². The molecule has 3 aromatic carbocycles. The number of esters is 1. The van der Waals surface area contributed by atoms with Crippen LogP contribution in [0.4, 0.5) is 0 Å². The maximum absolute atomic E-state index is 13.4. The molecule has 2 aliphatic rings. The Labute approximate surface area is 198 Å². The Balaban J connectivity index is 1.56. The van der Waals surface area contributed by atoms with Crippen LogP contribution >= 0.6 is 11.6 Å². The summed E-state index contributed by atoms with van der Waals surface area (Å²) in [7, 11) is 0. The van der Waals surface area contributed by atoms with Crippen LogP contribution in [0.15, 0.2) is 75.6 Å². The molecule has 3 heterocycles. The van der Waals surface area contributed by atoms with E-state index in [-0.39, 0.29) is 41.1 Å². The number of phenols is 1. The highest BCUT2D eigenvalue weighted by Gasteiger charge is 2.35. The molecule has 1 aromatic heterocycles. The zero-order valence-electron chi connectivity index (χ0n) is 17.7. The molecule has 168 valence electrons. The number of carbonyl (C=O) groups excluding carboxylic acids is 1. The van der Waals surface area contributed by atoms with Crippen molar-refractivity contribution in [3.8, 4) is 28.4 Å². The van der Waals surface area contributed by atoms with Crippen molar-refractivity contribution in [1.82, 2.24) is 0 Å². The van der Waals surface area contributed by atoms with Crippen LogP contribution in [0.2, 0.25) is 5.02 Å². The quantitative estimate of drug-likeness (QED) is 0.298. The summed E-state index contributed by atoms with van der Waals surface area (Å²) in [5.41, 5.74) is 3.00. The van der Waals surface area contributed by atoms with Gasteiger partial charge in [-0.3, -0.25) is 9.59 Å². The second-order valence-corrected chi connectivity index (χ2v) is 8.71. The SMILES string of the molecule is O=C1CC(C2=Cc3ccccc3OC2)c2c(cc(O)c3c(=O)c(-c4ccc(Cl)cc4)coc23)O1. The Bertz CT molecular complexity index is 1570. The lowest BCUT2D eigenvalue weighted by atomic mass is 9.83. The molecule has 0 fully saturated rings. The summed E-state index contributed by atoms with van der Waals surface area (Å²) in [6.45, 7) is 0.282. The van der Waals surface area contributed by atoms with Gasteiger partial charge in [-0.15, -0.1) is 0 Å². The maximum atomic E-state index is 13.4. The lowest BCUT2D eigenvalue weighted by molar-refractivity contribution is -0.135. The second kappa shape index (κ2) is 7.78. The van der Waals surface area contributed by atoms with E-state index in [9.17, 15) is 14.7 Å². The van der Waals surface area contributed by atoms with Crippen molar-refractivity contribution in [2.24, 2.45) is 0 Å². The lowest BCUT2D eigenvalue weighted by Crippen LogP contribution is -2.25. The number of para-hydroxylation sites is 1. The number of hydrogen-bond donors (Lipinski definition) is 1. The van der Waals surface area contributed by atoms with E-state index >= 15 is 0 Å². The summed E-state index contributed by atoms with van der Waals surface area (Å²) in [4.78, 5) is 25.9.